The third kappa shape index (κ3) is 6.81. The van der Waals surface area contributed by atoms with Crippen LogP contribution in [0.2, 0.25) is 0 Å². The van der Waals surface area contributed by atoms with Gasteiger partial charge in [-0.3, -0.25) is 9.80 Å². The smallest absolute Gasteiger partial charge is 0.453 e. The Kier molecular flexibility index (Phi) is 10.3. The van der Waals surface area contributed by atoms with E-state index in [1.807, 2.05) is 36.4 Å². The van der Waals surface area contributed by atoms with Crippen molar-refractivity contribution in [2.45, 2.75) is 43.2 Å². The van der Waals surface area contributed by atoms with Crippen molar-refractivity contribution in [1.82, 2.24) is 30.0 Å². The second-order valence-corrected chi connectivity index (χ2v) is 10.7. The molecule has 0 saturated carbocycles. The van der Waals surface area contributed by atoms with Crippen molar-refractivity contribution >= 4 is 24.8 Å². The molecule has 230 valence electrons. The van der Waals surface area contributed by atoms with Gasteiger partial charge >= 0.3 is 6.18 Å². The van der Waals surface area contributed by atoms with Crippen molar-refractivity contribution in [2.24, 2.45) is 0 Å². The Morgan fingerprint density at radius 3 is 2.19 bits per heavy atom. The third-order valence-corrected chi connectivity index (χ3v) is 8.10. The van der Waals surface area contributed by atoms with Gasteiger partial charge in [0, 0.05) is 49.7 Å². The van der Waals surface area contributed by atoms with E-state index in [9.17, 15) is 18.3 Å². The average molecular weight is 638 g/mol. The van der Waals surface area contributed by atoms with Gasteiger partial charge in [-0.25, -0.2) is 0 Å². The number of aromatic nitrogens is 4. The number of ether oxygens (including phenoxy) is 1. The van der Waals surface area contributed by atoms with E-state index in [4.69, 9.17) is 4.74 Å². The summed E-state index contributed by atoms with van der Waals surface area (Å²) < 4.78 is 46.9. The normalized spacial score (nSPS) is 20.7. The largest absolute Gasteiger partial charge is 0.496 e. The van der Waals surface area contributed by atoms with E-state index in [0.717, 1.165) is 12.1 Å². The molecule has 1 N–H and O–H groups in total. The first-order valence-electron chi connectivity index (χ1n) is 13.6. The summed E-state index contributed by atoms with van der Waals surface area (Å²) in [6.07, 6.45) is -4.44. The summed E-state index contributed by atoms with van der Waals surface area (Å²) in [6, 6.07) is 25.8. The van der Waals surface area contributed by atoms with Crippen molar-refractivity contribution in [1.29, 1.82) is 0 Å². The van der Waals surface area contributed by atoms with Crippen LogP contribution in [0.4, 0.5) is 13.2 Å². The van der Waals surface area contributed by atoms with E-state index >= 15 is 0 Å². The topological polar surface area (TPSA) is 79.5 Å². The first-order chi connectivity index (χ1) is 19.8. The van der Waals surface area contributed by atoms with Crippen LogP contribution in [0.1, 0.15) is 34.9 Å². The number of methoxy groups -OCH3 is 1. The molecule has 0 spiro atoms. The van der Waals surface area contributed by atoms with Gasteiger partial charge in [0.2, 0.25) is 0 Å². The van der Waals surface area contributed by atoms with E-state index in [1.165, 1.54) is 17.2 Å². The number of aliphatic hydroxyl groups is 1. The van der Waals surface area contributed by atoms with Gasteiger partial charge in [-0.15, -0.1) is 29.9 Å². The average Bonchev–Trinajstić information content (AvgIpc) is 3.61. The molecule has 0 aliphatic carbocycles. The van der Waals surface area contributed by atoms with Crippen LogP contribution in [0.15, 0.2) is 78.9 Å². The van der Waals surface area contributed by atoms with Gasteiger partial charge in [0.05, 0.1) is 18.9 Å². The summed E-state index contributed by atoms with van der Waals surface area (Å²) in [7, 11) is 1.55. The van der Waals surface area contributed by atoms with Crippen molar-refractivity contribution in [3.8, 4) is 11.4 Å². The molecule has 0 radical (unpaired) electrons. The predicted octanol–water partition coefficient (Wildman–Crippen LogP) is 4.98. The Morgan fingerprint density at radius 1 is 0.930 bits per heavy atom. The zero-order chi connectivity index (χ0) is 28.6. The molecule has 43 heavy (non-hydrogen) atoms. The molecule has 3 atom stereocenters. The van der Waals surface area contributed by atoms with Crippen LogP contribution in [0, 0.1) is 0 Å². The maximum atomic E-state index is 13.5. The number of alkyl halides is 3. The molecule has 2 fully saturated rings. The maximum absolute atomic E-state index is 13.5. The zero-order valence-electron chi connectivity index (χ0n) is 23.3. The summed E-state index contributed by atoms with van der Waals surface area (Å²) in [4.78, 5) is 4.75. The van der Waals surface area contributed by atoms with Crippen molar-refractivity contribution in [3.05, 3.63) is 101 Å². The quantitative estimate of drug-likeness (QED) is 0.306. The van der Waals surface area contributed by atoms with Crippen LogP contribution in [-0.2, 0) is 12.7 Å². The molecule has 8 nitrogen and oxygen atoms in total. The number of aliphatic hydroxyl groups excluding tert-OH is 1. The number of benzene rings is 3. The summed E-state index contributed by atoms with van der Waals surface area (Å²) in [5.41, 5.74) is 3.33. The van der Waals surface area contributed by atoms with E-state index < -0.39 is 18.1 Å². The zero-order valence-corrected chi connectivity index (χ0v) is 25.0. The molecule has 2 saturated heterocycles. The standard InChI is InChI=1S/C30H31F3N6O2.2ClH/c1-41-27-13-12-23(39-29(30(31,32)33)34-35-36-39)14-22(27)16-37-17-24-15-25(40)18-38(24)26(19-37)28(20-8-4-2-5-9-20)21-10-6-3-7-11-21;;/h2-14,24-26,28,40H,15-19H2,1H3;2*1H/t24-,25?,26?;;/m0../s1. The Morgan fingerprint density at radius 2 is 1.58 bits per heavy atom. The molecule has 13 heteroatoms. The van der Waals surface area contributed by atoms with E-state index in [2.05, 4.69) is 49.6 Å². The van der Waals surface area contributed by atoms with Crippen LogP contribution in [0.5, 0.6) is 5.75 Å². The molecule has 0 bridgehead atoms. The molecular weight excluding hydrogens is 604 g/mol. The monoisotopic (exact) mass is 636 g/mol. The van der Waals surface area contributed by atoms with Crippen LogP contribution in [0.25, 0.3) is 5.69 Å². The van der Waals surface area contributed by atoms with Crippen molar-refractivity contribution < 1.29 is 23.0 Å². The number of halogens is 5. The lowest BCUT2D eigenvalue weighted by Crippen LogP contribution is -2.58. The molecule has 3 aromatic carbocycles. The molecule has 2 unspecified atom stereocenters. The fourth-order valence-corrected chi connectivity index (χ4v) is 6.43. The number of tetrazole rings is 1. The van der Waals surface area contributed by atoms with Gasteiger partial charge in [0.15, 0.2) is 0 Å². The molecule has 3 heterocycles. The fourth-order valence-electron chi connectivity index (χ4n) is 6.43. The SMILES string of the molecule is COc1ccc(-n2nnnc2C(F)(F)F)cc1CN1CC(C(c2ccccc2)c2ccccc2)N2CC(O)C[C@H]2C1.Cl.Cl. The predicted molar refractivity (Wildman–Crippen MR) is 160 cm³/mol. The van der Waals surface area contributed by atoms with E-state index in [-0.39, 0.29) is 48.5 Å². The van der Waals surface area contributed by atoms with Crippen LogP contribution in [0.3, 0.4) is 0 Å². The van der Waals surface area contributed by atoms with Crippen molar-refractivity contribution in [3.63, 3.8) is 0 Å². The van der Waals surface area contributed by atoms with Crippen LogP contribution >= 0.6 is 24.8 Å². The Bertz CT molecular complexity index is 1440. The highest BCUT2D eigenvalue weighted by Crippen LogP contribution is 2.38. The lowest BCUT2D eigenvalue weighted by molar-refractivity contribution is -0.146. The Hall–Kier alpha value is -3.22. The van der Waals surface area contributed by atoms with Gasteiger partial charge < -0.3 is 9.84 Å². The highest BCUT2D eigenvalue weighted by molar-refractivity contribution is 5.85. The maximum Gasteiger partial charge on any atom is 0.453 e. The fraction of sp³-hybridized carbons (Fsp3) is 0.367. The molecule has 2 aliphatic rings. The van der Waals surface area contributed by atoms with Crippen LogP contribution in [-0.4, -0.2) is 80.0 Å². The van der Waals surface area contributed by atoms with Gasteiger partial charge in [0.25, 0.3) is 5.82 Å². The van der Waals surface area contributed by atoms with Gasteiger partial charge in [-0.05, 0) is 46.2 Å². The summed E-state index contributed by atoms with van der Waals surface area (Å²) in [6.45, 7) is 2.48. The second-order valence-electron chi connectivity index (χ2n) is 10.7. The van der Waals surface area contributed by atoms with Crippen molar-refractivity contribution in [2.75, 3.05) is 26.7 Å². The molecule has 0 amide bonds. The van der Waals surface area contributed by atoms with Gasteiger partial charge in [0.1, 0.15) is 5.75 Å². The minimum Gasteiger partial charge on any atom is -0.496 e. The number of nitrogens with zero attached hydrogens (tertiary/aromatic N) is 6. The lowest BCUT2D eigenvalue weighted by atomic mass is 9.82. The summed E-state index contributed by atoms with van der Waals surface area (Å²) >= 11 is 0. The first-order valence-corrected chi connectivity index (χ1v) is 13.6. The Labute approximate surface area is 260 Å². The number of fused-ring (bicyclic) bond motifs is 1. The van der Waals surface area contributed by atoms with E-state index in [0.29, 0.717) is 36.5 Å². The summed E-state index contributed by atoms with van der Waals surface area (Å²) in [5.74, 6) is -0.545. The number of hydrogen-bond acceptors (Lipinski definition) is 7. The number of hydrogen-bond donors (Lipinski definition) is 1. The van der Waals surface area contributed by atoms with Gasteiger partial charge in [-0.1, -0.05) is 60.7 Å². The summed E-state index contributed by atoms with van der Waals surface area (Å²) in [5, 5.41) is 20.7. The minimum atomic E-state index is -4.69. The van der Waals surface area contributed by atoms with Crippen LogP contribution < -0.4 is 4.74 Å². The second kappa shape index (κ2) is 13.6. The molecule has 6 rings (SSSR count). The first kappa shape index (κ1) is 32.7. The number of rotatable bonds is 7. The third-order valence-electron chi connectivity index (χ3n) is 8.10. The molecule has 4 aromatic rings. The Balaban J connectivity index is 0.00000212. The molecule has 2 aliphatic heterocycles. The molecular formula is C30H33Cl2F3N6O2. The van der Waals surface area contributed by atoms with E-state index in [1.54, 1.807) is 19.2 Å². The molecule has 1 aromatic heterocycles. The minimum absolute atomic E-state index is 0. The highest BCUT2D eigenvalue weighted by Gasteiger charge is 2.44. The lowest BCUT2D eigenvalue weighted by Gasteiger charge is -2.47. The number of piperazine rings is 1. The van der Waals surface area contributed by atoms with Gasteiger partial charge in [-0.2, -0.15) is 17.9 Å². The highest BCUT2D eigenvalue weighted by atomic mass is 35.5.